The molecule has 0 spiro atoms. The number of hydrogen-bond acceptors (Lipinski definition) is 4. The van der Waals surface area contributed by atoms with Crippen LogP contribution in [0.25, 0.3) is 0 Å². The van der Waals surface area contributed by atoms with E-state index in [1.165, 1.54) is 25.3 Å². The van der Waals surface area contributed by atoms with E-state index in [0.717, 1.165) is 62.7 Å². The van der Waals surface area contributed by atoms with Crippen LogP contribution in [-0.4, -0.2) is 62.3 Å². The molecule has 6 aliphatic rings. The van der Waals surface area contributed by atoms with Crippen molar-refractivity contribution in [3.63, 3.8) is 0 Å². The van der Waals surface area contributed by atoms with Crippen molar-refractivity contribution in [2.75, 3.05) is 26.2 Å². The van der Waals surface area contributed by atoms with Gasteiger partial charge in [-0.15, -0.1) is 0 Å². The highest BCUT2D eigenvalue weighted by atomic mass is 32.2. The summed E-state index contributed by atoms with van der Waals surface area (Å²) in [6.07, 6.45) is 11.0. The number of rotatable bonds is 5. The van der Waals surface area contributed by atoms with E-state index in [-0.39, 0.29) is 22.3 Å². The molecule has 0 radical (unpaired) electrons. The van der Waals surface area contributed by atoms with Crippen LogP contribution in [0.2, 0.25) is 0 Å². The number of nitrogens with one attached hydrogen (secondary N) is 1. The Morgan fingerprint density at radius 1 is 0.857 bits per heavy atom. The molecular weight excluding hydrogens is 462 g/mol. The maximum absolute atomic E-state index is 13.6. The van der Waals surface area contributed by atoms with Crippen molar-refractivity contribution >= 4 is 21.8 Å². The van der Waals surface area contributed by atoms with Crippen LogP contribution < -0.4 is 4.72 Å². The van der Waals surface area contributed by atoms with Crippen molar-refractivity contribution in [3.05, 3.63) is 29.8 Å². The lowest BCUT2D eigenvalue weighted by atomic mass is 9.49. The van der Waals surface area contributed by atoms with Crippen molar-refractivity contribution in [2.24, 2.45) is 23.2 Å². The molecule has 4 bridgehead atoms. The number of piperazine rings is 1. The summed E-state index contributed by atoms with van der Waals surface area (Å²) in [7, 11) is -3.65. The molecule has 35 heavy (non-hydrogen) atoms. The summed E-state index contributed by atoms with van der Waals surface area (Å²) in [6, 6.07) is 6.36. The standard InChI is InChI=1S/C27H37N3O4S/c31-25(22-4-3-7-24(15-22)35(33,34)28-23-5-1-2-6-23)29-8-10-30(11-9-29)26(32)27-16-19-12-20(17-27)14-21(13-19)18-27/h3-4,7,15,19-21,23,28H,1-2,5-6,8-14,16-18H2. The van der Waals surface area contributed by atoms with Gasteiger partial charge in [0.2, 0.25) is 15.9 Å². The zero-order valence-corrected chi connectivity index (χ0v) is 21.3. The van der Waals surface area contributed by atoms with Gasteiger partial charge in [0.15, 0.2) is 0 Å². The molecule has 1 N–H and O–H groups in total. The lowest BCUT2D eigenvalue weighted by molar-refractivity contribution is -0.159. The molecule has 5 aliphatic carbocycles. The molecule has 8 heteroatoms. The highest BCUT2D eigenvalue weighted by Gasteiger charge is 2.55. The van der Waals surface area contributed by atoms with Crippen LogP contribution in [0.1, 0.15) is 74.6 Å². The van der Waals surface area contributed by atoms with Crippen LogP contribution in [0.15, 0.2) is 29.2 Å². The Bertz CT molecular complexity index is 1070. The molecule has 6 fully saturated rings. The van der Waals surface area contributed by atoms with E-state index >= 15 is 0 Å². The largest absolute Gasteiger partial charge is 0.339 e. The van der Waals surface area contributed by atoms with Gasteiger partial charge in [0.25, 0.3) is 5.91 Å². The fourth-order valence-corrected chi connectivity index (χ4v) is 9.48. The van der Waals surface area contributed by atoms with Crippen LogP contribution in [-0.2, 0) is 14.8 Å². The second-order valence-electron chi connectivity index (χ2n) is 11.9. The monoisotopic (exact) mass is 499 g/mol. The van der Waals surface area contributed by atoms with Crippen molar-refractivity contribution in [2.45, 2.75) is 75.1 Å². The molecular formula is C27H37N3O4S. The SMILES string of the molecule is O=C(c1cccc(S(=O)(=O)NC2CCCC2)c1)N1CCN(C(=O)C23CC4CC(CC(C4)C2)C3)CC1. The minimum Gasteiger partial charge on any atom is -0.339 e. The van der Waals surface area contributed by atoms with Crippen molar-refractivity contribution < 1.29 is 18.0 Å². The predicted molar refractivity (Wildman–Crippen MR) is 132 cm³/mol. The third-order valence-electron chi connectivity index (χ3n) is 9.41. The molecule has 1 heterocycles. The van der Waals surface area contributed by atoms with Crippen molar-refractivity contribution in [1.29, 1.82) is 0 Å². The number of sulfonamides is 1. The van der Waals surface area contributed by atoms with Crippen LogP contribution in [0.4, 0.5) is 0 Å². The maximum atomic E-state index is 13.6. The quantitative estimate of drug-likeness (QED) is 0.673. The van der Waals surface area contributed by atoms with Gasteiger partial charge in [-0.25, -0.2) is 13.1 Å². The van der Waals surface area contributed by atoms with Gasteiger partial charge < -0.3 is 9.80 Å². The number of nitrogens with zero attached hydrogens (tertiary/aromatic N) is 2. The van der Waals surface area contributed by atoms with Crippen LogP contribution in [0.5, 0.6) is 0 Å². The summed E-state index contributed by atoms with van der Waals surface area (Å²) in [5, 5.41) is 0. The van der Waals surface area contributed by atoms with Crippen molar-refractivity contribution in [3.8, 4) is 0 Å². The molecule has 0 unspecified atom stereocenters. The molecule has 1 aliphatic heterocycles. The van der Waals surface area contributed by atoms with Gasteiger partial charge in [-0.3, -0.25) is 9.59 Å². The van der Waals surface area contributed by atoms with Gasteiger partial charge in [-0.1, -0.05) is 18.9 Å². The summed E-state index contributed by atoms with van der Waals surface area (Å²) >= 11 is 0. The number of benzene rings is 1. The normalized spacial score (nSPS) is 32.9. The molecule has 0 aromatic heterocycles. The average molecular weight is 500 g/mol. The summed E-state index contributed by atoms with van der Waals surface area (Å²) in [4.78, 5) is 30.8. The Morgan fingerprint density at radius 3 is 2.03 bits per heavy atom. The number of amides is 2. The minimum atomic E-state index is -3.65. The molecule has 0 atom stereocenters. The lowest BCUT2D eigenvalue weighted by Crippen LogP contribution is -2.58. The van der Waals surface area contributed by atoms with E-state index in [4.69, 9.17) is 0 Å². The van der Waals surface area contributed by atoms with Gasteiger partial charge in [0.1, 0.15) is 0 Å². The third-order valence-corrected chi connectivity index (χ3v) is 10.9. The second kappa shape index (κ2) is 8.87. The van der Waals surface area contributed by atoms with E-state index in [2.05, 4.69) is 4.72 Å². The lowest BCUT2D eigenvalue weighted by Gasteiger charge is -2.57. The molecule has 2 amide bonds. The summed E-state index contributed by atoms with van der Waals surface area (Å²) in [6.45, 7) is 2.11. The van der Waals surface area contributed by atoms with Gasteiger partial charge in [-0.05, 0) is 87.3 Å². The molecule has 1 saturated heterocycles. The third kappa shape index (κ3) is 4.41. The van der Waals surface area contributed by atoms with Crippen molar-refractivity contribution in [1.82, 2.24) is 14.5 Å². The first-order chi connectivity index (χ1) is 16.8. The van der Waals surface area contributed by atoms with E-state index in [1.807, 2.05) is 4.90 Å². The Hall–Kier alpha value is -1.93. The van der Waals surface area contributed by atoms with Gasteiger partial charge in [0.05, 0.1) is 10.3 Å². The second-order valence-corrected chi connectivity index (χ2v) is 13.6. The summed E-state index contributed by atoms with van der Waals surface area (Å²) in [5.41, 5.74) is 0.246. The minimum absolute atomic E-state index is 0.0149. The first kappa shape index (κ1) is 23.5. The Balaban J connectivity index is 1.09. The molecule has 7 nitrogen and oxygen atoms in total. The molecule has 7 rings (SSSR count). The van der Waals surface area contributed by atoms with E-state index in [1.54, 1.807) is 23.1 Å². The predicted octanol–water partition coefficient (Wildman–Crippen LogP) is 3.41. The van der Waals surface area contributed by atoms with E-state index in [0.29, 0.717) is 37.6 Å². The fourth-order valence-electron chi connectivity index (χ4n) is 8.13. The van der Waals surface area contributed by atoms with Crippen LogP contribution in [0, 0.1) is 23.2 Å². The van der Waals surface area contributed by atoms with Crippen LogP contribution in [0.3, 0.4) is 0 Å². The Labute approximate surface area is 208 Å². The summed E-state index contributed by atoms with van der Waals surface area (Å²) < 4.78 is 28.5. The molecule has 1 aromatic carbocycles. The van der Waals surface area contributed by atoms with Gasteiger partial charge in [-0.2, -0.15) is 0 Å². The molecule has 5 saturated carbocycles. The van der Waals surface area contributed by atoms with Gasteiger partial charge in [0, 0.05) is 37.8 Å². The number of carbonyl (C=O) groups excluding carboxylic acids is 2. The Morgan fingerprint density at radius 2 is 1.43 bits per heavy atom. The van der Waals surface area contributed by atoms with E-state index in [9.17, 15) is 18.0 Å². The van der Waals surface area contributed by atoms with E-state index < -0.39 is 10.0 Å². The Kier molecular flexibility index (Phi) is 5.95. The highest BCUT2D eigenvalue weighted by molar-refractivity contribution is 7.89. The molecule has 190 valence electrons. The number of carbonyl (C=O) groups is 2. The molecule has 1 aromatic rings. The first-order valence-corrected chi connectivity index (χ1v) is 15.0. The average Bonchev–Trinajstić information content (AvgIpc) is 3.35. The highest BCUT2D eigenvalue weighted by Crippen LogP contribution is 2.60. The first-order valence-electron chi connectivity index (χ1n) is 13.5. The fraction of sp³-hybridized carbons (Fsp3) is 0.704. The van der Waals surface area contributed by atoms with Crippen LogP contribution >= 0.6 is 0 Å². The smallest absolute Gasteiger partial charge is 0.254 e. The zero-order chi connectivity index (χ0) is 24.2. The number of hydrogen-bond donors (Lipinski definition) is 1. The topological polar surface area (TPSA) is 86.8 Å². The maximum Gasteiger partial charge on any atom is 0.254 e. The zero-order valence-electron chi connectivity index (χ0n) is 20.5. The summed E-state index contributed by atoms with van der Waals surface area (Å²) in [5.74, 6) is 2.37. The van der Waals surface area contributed by atoms with Gasteiger partial charge >= 0.3 is 0 Å².